The zero-order chi connectivity index (χ0) is 22.8. The third-order valence-electron chi connectivity index (χ3n) is 4.84. The molecule has 0 aliphatic carbocycles. The molecule has 0 bridgehead atoms. The average molecular weight is 444 g/mol. The molecular weight excluding hydrogens is 418 g/mol. The van der Waals surface area contributed by atoms with E-state index in [2.05, 4.69) is 10.2 Å². The van der Waals surface area contributed by atoms with Crippen LogP contribution in [-0.2, 0) is 14.8 Å². The zero-order valence-corrected chi connectivity index (χ0v) is 18.9. The van der Waals surface area contributed by atoms with E-state index in [1.807, 2.05) is 31.2 Å². The SMILES string of the molecule is Cc1ccc(-c2nnc(C(C)OC(=O)c3cccc(S(=O)(=O)N(C)C(C)C)c3)o2)cc1. The number of aromatic nitrogens is 2. The highest BCUT2D eigenvalue weighted by atomic mass is 32.2. The van der Waals surface area contributed by atoms with E-state index < -0.39 is 22.1 Å². The Hall–Kier alpha value is -3.04. The Kier molecular flexibility index (Phi) is 6.56. The first kappa shape index (κ1) is 22.6. The molecule has 0 fully saturated rings. The summed E-state index contributed by atoms with van der Waals surface area (Å²) in [5.41, 5.74) is 1.98. The Morgan fingerprint density at radius 3 is 2.39 bits per heavy atom. The maximum atomic E-state index is 12.7. The summed E-state index contributed by atoms with van der Waals surface area (Å²) < 4.78 is 37.7. The number of hydrogen-bond donors (Lipinski definition) is 0. The maximum Gasteiger partial charge on any atom is 0.338 e. The summed E-state index contributed by atoms with van der Waals surface area (Å²) in [6, 6.07) is 13.1. The van der Waals surface area contributed by atoms with Crippen LogP contribution in [0.1, 0.15) is 48.7 Å². The van der Waals surface area contributed by atoms with Crippen molar-refractivity contribution in [3.63, 3.8) is 0 Å². The molecule has 0 spiro atoms. The van der Waals surface area contributed by atoms with E-state index in [1.54, 1.807) is 20.8 Å². The van der Waals surface area contributed by atoms with Crippen molar-refractivity contribution in [2.24, 2.45) is 0 Å². The molecule has 0 radical (unpaired) electrons. The summed E-state index contributed by atoms with van der Waals surface area (Å²) >= 11 is 0. The molecule has 0 amide bonds. The van der Waals surface area contributed by atoms with Crippen LogP contribution in [0.2, 0.25) is 0 Å². The second-order valence-electron chi connectivity index (χ2n) is 7.50. The molecule has 1 aromatic heterocycles. The van der Waals surface area contributed by atoms with Crippen LogP contribution in [-0.4, -0.2) is 42.0 Å². The number of rotatable bonds is 7. The molecule has 9 heteroatoms. The first-order chi connectivity index (χ1) is 14.6. The molecule has 1 unspecified atom stereocenters. The van der Waals surface area contributed by atoms with E-state index in [1.165, 1.54) is 35.6 Å². The molecule has 3 rings (SSSR count). The van der Waals surface area contributed by atoms with E-state index in [-0.39, 0.29) is 22.4 Å². The highest BCUT2D eigenvalue weighted by molar-refractivity contribution is 7.89. The molecule has 0 saturated heterocycles. The van der Waals surface area contributed by atoms with Gasteiger partial charge < -0.3 is 9.15 Å². The third kappa shape index (κ3) is 5.00. The quantitative estimate of drug-likeness (QED) is 0.509. The molecule has 8 nitrogen and oxygen atoms in total. The summed E-state index contributed by atoms with van der Waals surface area (Å²) in [4.78, 5) is 12.6. The van der Waals surface area contributed by atoms with Crippen LogP contribution in [0.25, 0.3) is 11.5 Å². The normalized spacial score (nSPS) is 12.9. The van der Waals surface area contributed by atoms with Crippen LogP contribution >= 0.6 is 0 Å². The van der Waals surface area contributed by atoms with Crippen LogP contribution < -0.4 is 0 Å². The average Bonchev–Trinajstić information content (AvgIpc) is 3.24. The maximum absolute atomic E-state index is 12.7. The summed E-state index contributed by atoms with van der Waals surface area (Å²) in [5, 5.41) is 7.97. The Balaban J connectivity index is 1.75. The minimum absolute atomic E-state index is 0.0188. The van der Waals surface area contributed by atoms with Gasteiger partial charge in [0.15, 0.2) is 6.10 Å². The number of hydrogen-bond acceptors (Lipinski definition) is 7. The Morgan fingerprint density at radius 1 is 1.06 bits per heavy atom. The van der Waals surface area contributed by atoms with Crippen LogP contribution in [0.15, 0.2) is 57.8 Å². The largest absolute Gasteiger partial charge is 0.449 e. The van der Waals surface area contributed by atoms with Crippen molar-refractivity contribution >= 4 is 16.0 Å². The Labute approximate surface area is 181 Å². The van der Waals surface area contributed by atoms with Gasteiger partial charge in [0.1, 0.15) is 0 Å². The fraction of sp³-hybridized carbons (Fsp3) is 0.318. The molecule has 0 aliphatic heterocycles. The van der Waals surface area contributed by atoms with E-state index in [0.29, 0.717) is 5.89 Å². The standard InChI is InChI=1S/C22H25N3O5S/c1-14(2)25(5)31(27,28)19-8-6-7-18(13-19)22(26)29-16(4)20-23-24-21(30-20)17-11-9-15(3)10-12-17/h6-14,16H,1-5H3. The first-order valence-electron chi connectivity index (χ1n) is 9.79. The van der Waals surface area contributed by atoms with Crippen molar-refractivity contribution in [3.8, 4) is 11.5 Å². The summed E-state index contributed by atoms with van der Waals surface area (Å²) in [7, 11) is -2.23. The van der Waals surface area contributed by atoms with Crippen molar-refractivity contribution in [1.82, 2.24) is 14.5 Å². The van der Waals surface area contributed by atoms with Crippen molar-refractivity contribution in [2.45, 2.75) is 44.7 Å². The minimum atomic E-state index is -3.72. The van der Waals surface area contributed by atoms with Gasteiger partial charge in [-0.05, 0) is 58.0 Å². The smallest absolute Gasteiger partial charge is 0.338 e. The van der Waals surface area contributed by atoms with E-state index in [9.17, 15) is 13.2 Å². The second-order valence-corrected chi connectivity index (χ2v) is 9.50. The number of nitrogens with zero attached hydrogens (tertiary/aromatic N) is 3. The predicted molar refractivity (Wildman–Crippen MR) is 115 cm³/mol. The molecule has 0 saturated carbocycles. The predicted octanol–water partition coefficient (Wildman–Crippen LogP) is 3.99. The number of carbonyl (C=O) groups excluding carboxylic acids is 1. The number of carbonyl (C=O) groups is 1. The van der Waals surface area contributed by atoms with Gasteiger partial charge in [-0.2, -0.15) is 4.31 Å². The van der Waals surface area contributed by atoms with Crippen LogP contribution in [0.5, 0.6) is 0 Å². The summed E-state index contributed by atoms with van der Waals surface area (Å²) in [5.74, 6) is -0.221. The van der Waals surface area contributed by atoms with E-state index in [4.69, 9.17) is 9.15 Å². The second kappa shape index (κ2) is 8.99. The van der Waals surface area contributed by atoms with Crippen molar-refractivity contribution in [2.75, 3.05) is 7.05 Å². The lowest BCUT2D eigenvalue weighted by Gasteiger charge is -2.21. The van der Waals surface area contributed by atoms with Gasteiger partial charge in [0, 0.05) is 18.7 Å². The van der Waals surface area contributed by atoms with Gasteiger partial charge in [-0.1, -0.05) is 23.8 Å². The number of aryl methyl sites for hydroxylation is 1. The molecular formula is C22H25N3O5S. The van der Waals surface area contributed by atoms with Gasteiger partial charge >= 0.3 is 5.97 Å². The third-order valence-corrected chi connectivity index (χ3v) is 6.87. The molecule has 164 valence electrons. The van der Waals surface area contributed by atoms with Gasteiger partial charge in [-0.15, -0.1) is 10.2 Å². The van der Waals surface area contributed by atoms with Gasteiger partial charge in [0.2, 0.25) is 15.9 Å². The molecule has 3 aromatic rings. The first-order valence-corrected chi connectivity index (χ1v) is 11.2. The lowest BCUT2D eigenvalue weighted by atomic mass is 10.1. The van der Waals surface area contributed by atoms with Crippen LogP contribution in [0.3, 0.4) is 0 Å². The van der Waals surface area contributed by atoms with Crippen LogP contribution in [0, 0.1) is 6.92 Å². The van der Waals surface area contributed by atoms with Gasteiger partial charge in [0.05, 0.1) is 10.5 Å². The molecule has 1 atom stereocenters. The number of benzene rings is 2. The molecule has 31 heavy (non-hydrogen) atoms. The number of esters is 1. The minimum Gasteiger partial charge on any atom is -0.449 e. The van der Waals surface area contributed by atoms with Gasteiger partial charge in [-0.3, -0.25) is 0 Å². The number of sulfonamides is 1. The topological polar surface area (TPSA) is 103 Å². The van der Waals surface area contributed by atoms with Gasteiger partial charge in [0.25, 0.3) is 5.89 Å². The van der Waals surface area contributed by atoms with E-state index >= 15 is 0 Å². The lowest BCUT2D eigenvalue weighted by Crippen LogP contribution is -2.33. The highest BCUT2D eigenvalue weighted by Gasteiger charge is 2.25. The highest BCUT2D eigenvalue weighted by Crippen LogP contribution is 2.24. The van der Waals surface area contributed by atoms with Crippen LogP contribution in [0.4, 0.5) is 0 Å². The monoisotopic (exact) mass is 443 g/mol. The van der Waals surface area contributed by atoms with Crippen molar-refractivity contribution in [3.05, 3.63) is 65.5 Å². The van der Waals surface area contributed by atoms with E-state index in [0.717, 1.165) is 11.1 Å². The fourth-order valence-electron chi connectivity index (χ4n) is 2.72. The Bertz CT molecular complexity index is 1170. The molecule has 0 aliphatic rings. The number of ether oxygens (including phenoxy) is 1. The Morgan fingerprint density at radius 2 is 1.74 bits per heavy atom. The van der Waals surface area contributed by atoms with Crippen molar-refractivity contribution in [1.29, 1.82) is 0 Å². The molecule has 1 heterocycles. The zero-order valence-electron chi connectivity index (χ0n) is 18.1. The fourth-order valence-corrected chi connectivity index (χ4v) is 4.13. The summed E-state index contributed by atoms with van der Waals surface area (Å²) in [6.07, 6.45) is -0.808. The molecule has 2 aromatic carbocycles. The van der Waals surface area contributed by atoms with Gasteiger partial charge in [-0.25, -0.2) is 13.2 Å². The summed E-state index contributed by atoms with van der Waals surface area (Å²) in [6.45, 7) is 7.13. The van der Waals surface area contributed by atoms with Crippen molar-refractivity contribution < 1.29 is 22.4 Å². The lowest BCUT2D eigenvalue weighted by molar-refractivity contribution is 0.0279. The molecule has 0 N–H and O–H groups in total.